The fourth-order valence-corrected chi connectivity index (χ4v) is 3.30. The zero-order valence-electron chi connectivity index (χ0n) is 10.1. The van der Waals surface area contributed by atoms with E-state index in [1.54, 1.807) is 0 Å². The van der Waals surface area contributed by atoms with Gasteiger partial charge in [-0.05, 0) is 24.7 Å². The lowest BCUT2D eigenvalue weighted by Crippen LogP contribution is -2.56. The van der Waals surface area contributed by atoms with Gasteiger partial charge in [0.2, 0.25) is 5.91 Å². The Bertz CT molecular complexity index is 411. The molecule has 1 amide bonds. The highest BCUT2D eigenvalue weighted by molar-refractivity contribution is 5.89. The van der Waals surface area contributed by atoms with Crippen molar-refractivity contribution in [1.29, 1.82) is 0 Å². The highest BCUT2D eigenvalue weighted by Crippen LogP contribution is 2.43. The summed E-state index contributed by atoms with van der Waals surface area (Å²) in [6, 6.07) is 0. The molecular weight excluding hydrogens is 234 g/mol. The highest BCUT2D eigenvalue weighted by Gasteiger charge is 2.47. The molecule has 0 radical (unpaired) electrons. The van der Waals surface area contributed by atoms with Gasteiger partial charge in [0, 0.05) is 18.9 Å². The molecular formula is C13H17NO4. The number of carbonyl (C=O) groups excluding carboxylic acids is 1. The Balaban J connectivity index is 1.70. The van der Waals surface area contributed by atoms with Gasteiger partial charge < -0.3 is 15.2 Å². The van der Waals surface area contributed by atoms with Gasteiger partial charge in [-0.25, -0.2) is 4.79 Å². The van der Waals surface area contributed by atoms with Gasteiger partial charge in [-0.15, -0.1) is 0 Å². The van der Waals surface area contributed by atoms with Crippen LogP contribution in [0.25, 0.3) is 0 Å². The molecule has 3 aliphatic rings. The first kappa shape index (κ1) is 11.7. The first-order valence-electron chi connectivity index (χ1n) is 6.42. The minimum absolute atomic E-state index is 0.0585. The molecule has 98 valence electrons. The Morgan fingerprint density at radius 2 is 2.17 bits per heavy atom. The fraction of sp³-hybridized carbons (Fsp3) is 0.692. The smallest absolute Gasteiger partial charge is 0.331 e. The van der Waals surface area contributed by atoms with Gasteiger partial charge in [0.25, 0.3) is 0 Å². The van der Waals surface area contributed by atoms with Crippen molar-refractivity contribution < 1.29 is 19.4 Å². The van der Waals surface area contributed by atoms with E-state index in [9.17, 15) is 14.7 Å². The second-order valence-electron chi connectivity index (χ2n) is 5.57. The van der Waals surface area contributed by atoms with E-state index in [4.69, 9.17) is 4.74 Å². The lowest BCUT2D eigenvalue weighted by Gasteiger charge is -2.27. The molecule has 5 nitrogen and oxygen atoms in total. The molecule has 1 saturated heterocycles. The van der Waals surface area contributed by atoms with Crippen LogP contribution in [0.4, 0.5) is 0 Å². The van der Waals surface area contributed by atoms with E-state index in [0.29, 0.717) is 24.9 Å². The Hall–Kier alpha value is -1.36. The van der Waals surface area contributed by atoms with Crippen LogP contribution in [-0.4, -0.2) is 35.7 Å². The molecule has 2 N–H and O–H groups in total. The second-order valence-corrected chi connectivity index (χ2v) is 5.57. The van der Waals surface area contributed by atoms with Crippen LogP contribution in [0, 0.1) is 17.8 Å². The number of carbonyl (C=O) groups is 2. The number of carboxylic acid groups (broad SMARTS) is 1. The summed E-state index contributed by atoms with van der Waals surface area (Å²) in [5, 5.41) is 12.0. The minimum atomic E-state index is -1.21. The van der Waals surface area contributed by atoms with E-state index in [2.05, 4.69) is 17.5 Å². The van der Waals surface area contributed by atoms with Crippen molar-refractivity contribution in [3.8, 4) is 0 Å². The standard InChI is InChI=1S/C13H17NO4/c15-11(10-6-8-1-2-9(10)5-8)14-13(12(16)17)3-4-18-7-13/h1-2,8-10H,3-7H2,(H,14,15)(H,16,17). The van der Waals surface area contributed by atoms with Crippen LogP contribution < -0.4 is 5.32 Å². The molecule has 5 heteroatoms. The zero-order chi connectivity index (χ0) is 12.8. The van der Waals surface area contributed by atoms with Crippen molar-refractivity contribution in [3.05, 3.63) is 12.2 Å². The molecule has 2 bridgehead atoms. The minimum Gasteiger partial charge on any atom is -0.479 e. The monoisotopic (exact) mass is 251 g/mol. The summed E-state index contributed by atoms with van der Waals surface area (Å²) in [4.78, 5) is 23.6. The number of hydrogen-bond donors (Lipinski definition) is 2. The van der Waals surface area contributed by atoms with Gasteiger partial charge in [0.15, 0.2) is 5.54 Å². The van der Waals surface area contributed by atoms with Crippen LogP contribution in [0.2, 0.25) is 0 Å². The van der Waals surface area contributed by atoms with E-state index in [1.807, 2.05) is 0 Å². The number of ether oxygens (including phenoxy) is 1. The number of fused-ring (bicyclic) bond motifs is 2. The van der Waals surface area contributed by atoms with Crippen molar-refractivity contribution in [2.75, 3.05) is 13.2 Å². The van der Waals surface area contributed by atoms with Crippen LogP contribution in [0.1, 0.15) is 19.3 Å². The average Bonchev–Trinajstić information content (AvgIpc) is 3.04. The van der Waals surface area contributed by atoms with Gasteiger partial charge >= 0.3 is 5.97 Å². The number of aliphatic carboxylic acids is 1. The van der Waals surface area contributed by atoms with Crippen LogP contribution in [0.15, 0.2) is 12.2 Å². The lowest BCUT2D eigenvalue weighted by molar-refractivity contribution is -0.148. The molecule has 2 fully saturated rings. The second kappa shape index (κ2) is 4.09. The maximum Gasteiger partial charge on any atom is 0.331 e. The highest BCUT2D eigenvalue weighted by atomic mass is 16.5. The van der Waals surface area contributed by atoms with Gasteiger partial charge in [0.1, 0.15) is 0 Å². The maximum atomic E-state index is 12.2. The maximum absolute atomic E-state index is 12.2. The van der Waals surface area contributed by atoms with Crippen molar-refractivity contribution in [2.45, 2.75) is 24.8 Å². The first-order valence-corrected chi connectivity index (χ1v) is 6.42. The van der Waals surface area contributed by atoms with Crippen molar-refractivity contribution in [2.24, 2.45) is 17.8 Å². The third kappa shape index (κ3) is 1.73. The lowest BCUT2D eigenvalue weighted by atomic mass is 9.90. The van der Waals surface area contributed by atoms with Gasteiger partial charge in [-0.2, -0.15) is 0 Å². The molecule has 4 atom stereocenters. The number of amides is 1. The zero-order valence-corrected chi connectivity index (χ0v) is 10.1. The predicted octanol–water partition coefficient (Wildman–Crippen LogP) is 0.558. The Labute approximate surface area is 105 Å². The Morgan fingerprint density at radius 1 is 1.33 bits per heavy atom. The van der Waals surface area contributed by atoms with E-state index in [-0.39, 0.29) is 18.4 Å². The topological polar surface area (TPSA) is 75.6 Å². The van der Waals surface area contributed by atoms with Crippen molar-refractivity contribution >= 4 is 11.9 Å². The van der Waals surface area contributed by atoms with E-state index in [1.165, 1.54) is 0 Å². The van der Waals surface area contributed by atoms with E-state index < -0.39 is 11.5 Å². The molecule has 3 rings (SSSR count). The molecule has 0 aromatic rings. The van der Waals surface area contributed by atoms with E-state index >= 15 is 0 Å². The Kier molecular flexibility index (Phi) is 2.66. The summed E-state index contributed by atoms with van der Waals surface area (Å²) >= 11 is 0. The fourth-order valence-electron chi connectivity index (χ4n) is 3.30. The number of nitrogens with one attached hydrogen (secondary N) is 1. The Morgan fingerprint density at radius 3 is 2.67 bits per heavy atom. The summed E-state index contributed by atoms with van der Waals surface area (Å²) in [7, 11) is 0. The molecule has 0 spiro atoms. The van der Waals surface area contributed by atoms with Gasteiger partial charge in [-0.1, -0.05) is 12.2 Å². The average molecular weight is 251 g/mol. The first-order chi connectivity index (χ1) is 8.61. The number of rotatable bonds is 3. The summed E-state index contributed by atoms with van der Waals surface area (Å²) in [6.07, 6.45) is 6.50. The van der Waals surface area contributed by atoms with Crippen LogP contribution in [0.5, 0.6) is 0 Å². The summed E-state index contributed by atoms with van der Waals surface area (Å²) in [5.74, 6) is -0.377. The van der Waals surface area contributed by atoms with Gasteiger partial charge in [-0.3, -0.25) is 4.79 Å². The third-order valence-electron chi connectivity index (χ3n) is 4.41. The predicted molar refractivity (Wildman–Crippen MR) is 62.8 cm³/mol. The number of hydrogen-bond acceptors (Lipinski definition) is 3. The molecule has 0 aromatic heterocycles. The quantitative estimate of drug-likeness (QED) is 0.719. The molecule has 1 aliphatic heterocycles. The van der Waals surface area contributed by atoms with Crippen molar-refractivity contribution in [3.63, 3.8) is 0 Å². The molecule has 4 unspecified atom stereocenters. The number of allylic oxidation sites excluding steroid dienone is 2. The summed E-state index contributed by atoms with van der Waals surface area (Å²) in [6.45, 7) is 0.466. The van der Waals surface area contributed by atoms with E-state index in [0.717, 1.165) is 12.8 Å². The van der Waals surface area contributed by atoms with Gasteiger partial charge in [0.05, 0.1) is 6.61 Å². The normalized spacial score (nSPS) is 41.2. The van der Waals surface area contributed by atoms with Crippen LogP contribution in [-0.2, 0) is 14.3 Å². The molecule has 2 aliphatic carbocycles. The number of carboxylic acids is 1. The summed E-state index contributed by atoms with van der Waals surface area (Å²) in [5.41, 5.74) is -1.21. The third-order valence-corrected chi connectivity index (χ3v) is 4.41. The summed E-state index contributed by atoms with van der Waals surface area (Å²) < 4.78 is 5.14. The molecule has 1 heterocycles. The molecule has 18 heavy (non-hydrogen) atoms. The largest absolute Gasteiger partial charge is 0.479 e. The van der Waals surface area contributed by atoms with Crippen molar-refractivity contribution in [1.82, 2.24) is 5.32 Å². The molecule has 1 saturated carbocycles. The van der Waals surface area contributed by atoms with Crippen LogP contribution in [0.3, 0.4) is 0 Å². The SMILES string of the molecule is O=C(NC1(C(=O)O)CCOC1)C1CC2C=CC1C2. The van der Waals surface area contributed by atoms with Crippen LogP contribution >= 0.6 is 0 Å². The molecule has 0 aromatic carbocycles.